The fourth-order valence-electron chi connectivity index (χ4n) is 2.02. The monoisotopic (exact) mass is 309 g/mol. The topological polar surface area (TPSA) is 41.7 Å². The summed E-state index contributed by atoms with van der Waals surface area (Å²) in [4.78, 5) is 5.03. The number of ether oxygens (including phenoxy) is 1. The Labute approximate surface area is 133 Å². The van der Waals surface area contributed by atoms with E-state index in [2.05, 4.69) is 30.8 Å². The maximum Gasteiger partial charge on any atom is 0.120 e. The first-order valence-corrected chi connectivity index (χ1v) is 7.83. The Kier molecular flexibility index (Phi) is 8.27. The molecule has 0 radical (unpaired) electrons. The van der Waals surface area contributed by atoms with Crippen LogP contribution in [0.5, 0.6) is 5.75 Å². The molecule has 118 valence electrons. The molecular formula is C16H27N3OS. The third-order valence-corrected chi connectivity index (χ3v) is 3.43. The number of nitrogens with two attached hydrogens (primary N) is 1. The van der Waals surface area contributed by atoms with Crippen LogP contribution in [-0.4, -0.2) is 61.7 Å². The van der Waals surface area contributed by atoms with Crippen molar-refractivity contribution >= 4 is 17.2 Å². The first-order valence-electron chi connectivity index (χ1n) is 7.42. The number of rotatable bonds is 10. The normalized spacial score (nSPS) is 11.1. The molecule has 1 rings (SSSR count). The molecule has 1 aromatic carbocycles. The minimum absolute atomic E-state index is 0.402. The van der Waals surface area contributed by atoms with E-state index in [1.165, 1.54) is 0 Å². The van der Waals surface area contributed by atoms with Gasteiger partial charge in [0.05, 0.1) is 0 Å². The highest BCUT2D eigenvalue weighted by Gasteiger charge is 2.05. The molecule has 0 saturated carbocycles. The van der Waals surface area contributed by atoms with Crippen molar-refractivity contribution in [3.63, 3.8) is 0 Å². The summed E-state index contributed by atoms with van der Waals surface area (Å²) in [6, 6.07) is 7.65. The predicted octanol–water partition coefficient (Wildman–Crippen LogP) is 1.97. The summed E-state index contributed by atoms with van der Waals surface area (Å²) in [7, 11) is 4.20. The molecule has 0 heterocycles. The lowest BCUT2D eigenvalue weighted by Gasteiger charge is -2.23. The van der Waals surface area contributed by atoms with Crippen LogP contribution in [0, 0.1) is 0 Å². The predicted molar refractivity (Wildman–Crippen MR) is 93.1 cm³/mol. The molecule has 1 aromatic rings. The van der Waals surface area contributed by atoms with E-state index in [0.29, 0.717) is 11.6 Å². The van der Waals surface area contributed by atoms with Crippen molar-refractivity contribution in [2.24, 2.45) is 5.73 Å². The van der Waals surface area contributed by atoms with Gasteiger partial charge in [0.1, 0.15) is 17.3 Å². The van der Waals surface area contributed by atoms with Gasteiger partial charge in [-0.3, -0.25) is 4.90 Å². The van der Waals surface area contributed by atoms with Gasteiger partial charge in [-0.05, 0) is 39.2 Å². The Hall–Kier alpha value is -1.17. The van der Waals surface area contributed by atoms with Crippen LogP contribution >= 0.6 is 12.2 Å². The van der Waals surface area contributed by atoms with Crippen molar-refractivity contribution in [3.8, 4) is 5.75 Å². The van der Waals surface area contributed by atoms with Crippen molar-refractivity contribution in [3.05, 3.63) is 29.8 Å². The summed E-state index contributed by atoms with van der Waals surface area (Å²) >= 11 is 4.98. The first kappa shape index (κ1) is 17.9. The Morgan fingerprint density at radius 1 is 1.19 bits per heavy atom. The molecule has 0 aliphatic heterocycles. The molecule has 0 fully saturated rings. The lowest BCUT2D eigenvalue weighted by atomic mass is 10.2. The van der Waals surface area contributed by atoms with Gasteiger partial charge in [0, 0.05) is 25.2 Å². The quantitative estimate of drug-likeness (QED) is 0.669. The third-order valence-electron chi connectivity index (χ3n) is 3.20. The minimum Gasteiger partial charge on any atom is -0.492 e. The van der Waals surface area contributed by atoms with Crippen molar-refractivity contribution in [2.45, 2.75) is 13.3 Å². The van der Waals surface area contributed by atoms with Gasteiger partial charge in [-0.1, -0.05) is 31.3 Å². The number of nitrogens with zero attached hydrogens (tertiary/aromatic N) is 2. The van der Waals surface area contributed by atoms with Crippen LogP contribution < -0.4 is 10.5 Å². The molecule has 4 nitrogen and oxygen atoms in total. The van der Waals surface area contributed by atoms with Crippen molar-refractivity contribution < 1.29 is 4.74 Å². The second-order valence-electron chi connectivity index (χ2n) is 5.39. The Morgan fingerprint density at radius 2 is 1.95 bits per heavy atom. The number of likely N-dealkylation sites (N-methyl/N-ethyl adjacent to an activating group) is 1. The summed E-state index contributed by atoms with van der Waals surface area (Å²) in [6.07, 6.45) is 1.16. The van der Waals surface area contributed by atoms with E-state index in [4.69, 9.17) is 22.7 Å². The van der Waals surface area contributed by atoms with Gasteiger partial charge in [0.25, 0.3) is 0 Å². The molecule has 2 N–H and O–H groups in total. The van der Waals surface area contributed by atoms with Crippen LogP contribution in [0.25, 0.3) is 0 Å². The summed E-state index contributed by atoms with van der Waals surface area (Å²) in [5.41, 5.74) is 6.48. The molecule has 0 aliphatic carbocycles. The third kappa shape index (κ3) is 7.41. The molecular weight excluding hydrogens is 282 g/mol. The fraction of sp³-hybridized carbons (Fsp3) is 0.562. The van der Waals surface area contributed by atoms with Crippen molar-refractivity contribution in [1.82, 2.24) is 9.80 Å². The van der Waals surface area contributed by atoms with Crippen LogP contribution in [0.4, 0.5) is 0 Å². The number of hydrogen-bond acceptors (Lipinski definition) is 4. The smallest absolute Gasteiger partial charge is 0.120 e. The Bertz CT molecular complexity index is 437. The van der Waals surface area contributed by atoms with Gasteiger partial charge in [-0.25, -0.2) is 0 Å². The summed E-state index contributed by atoms with van der Waals surface area (Å²) in [5.74, 6) is 0.823. The lowest BCUT2D eigenvalue weighted by Crippen LogP contribution is -2.35. The molecule has 0 saturated heterocycles. The highest BCUT2D eigenvalue weighted by atomic mass is 32.1. The molecule has 5 heteroatoms. The van der Waals surface area contributed by atoms with Crippen LogP contribution in [-0.2, 0) is 0 Å². The van der Waals surface area contributed by atoms with E-state index in [1.807, 2.05) is 24.3 Å². The van der Waals surface area contributed by atoms with E-state index in [-0.39, 0.29) is 0 Å². The maximum atomic E-state index is 5.81. The molecule has 0 aromatic heterocycles. The van der Waals surface area contributed by atoms with Gasteiger partial charge in [0.15, 0.2) is 0 Å². The average Bonchev–Trinajstić information content (AvgIpc) is 2.45. The molecule has 0 aliphatic rings. The van der Waals surface area contributed by atoms with E-state index in [1.54, 1.807) is 0 Å². The zero-order valence-corrected chi connectivity index (χ0v) is 14.2. The van der Waals surface area contributed by atoms with Gasteiger partial charge in [-0.2, -0.15) is 0 Å². The minimum atomic E-state index is 0.402. The van der Waals surface area contributed by atoms with Crippen LogP contribution in [0.1, 0.15) is 18.9 Å². The number of hydrogen-bond donors (Lipinski definition) is 1. The molecule has 0 unspecified atom stereocenters. The van der Waals surface area contributed by atoms with Crippen molar-refractivity contribution in [1.29, 1.82) is 0 Å². The second-order valence-corrected chi connectivity index (χ2v) is 5.83. The highest BCUT2D eigenvalue weighted by Crippen LogP contribution is 2.13. The van der Waals surface area contributed by atoms with Crippen LogP contribution in [0.15, 0.2) is 24.3 Å². The Balaban J connectivity index is 2.42. The molecule has 0 amide bonds. The van der Waals surface area contributed by atoms with E-state index in [0.717, 1.165) is 43.9 Å². The zero-order chi connectivity index (χ0) is 15.7. The van der Waals surface area contributed by atoms with Gasteiger partial charge >= 0.3 is 0 Å². The lowest BCUT2D eigenvalue weighted by molar-refractivity contribution is 0.194. The highest BCUT2D eigenvalue weighted by molar-refractivity contribution is 7.80. The fourth-order valence-corrected chi connectivity index (χ4v) is 2.15. The standard InChI is InChI=1S/C16H27N3OS/c1-4-8-19(10-9-18(2)3)11-12-20-15-7-5-6-14(13-15)16(17)21/h5-7,13H,4,8-12H2,1-3H3,(H2,17,21). The average molecular weight is 309 g/mol. The van der Waals surface area contributed by atoms with E-state index < -0.39 is 0 Å². The van der Waals surface area contributed by atoms with Gasteiger partial charge in [0.2, 0.25) is 0 Å². The summed E-state index contributed by atoms with van der Waals surface area (Å²) in [6.45, 7) is 7.04. The van der Waals surface area contributed by atoms with Crippen molar-refractivity contribution in [2.75, 3.05) is 46.9 Å². The Morgan fingerprint density at radius 3 is 2.57 bits per heavy atom. The number of thiocarbonyl (C=S) groups is 1. The summed E-state index contributed by atoms with van der Waals surface area (Å²) in [5, 5.41) is 0. The molecule has 0 bridgehead atoms. The molecule has 21 heavy (non-hydrogen) atoms. The number of benzene rings is 1. The van der Waals surface area contributed by atoms with Crippen LogP contribution in [0.3, 0.4) is 0 Å². The zero-order valence-electron chi connectivity index (χ0n) is 13.3. The second kappa shape index (κ2) is 9.71. The molecule has 0 spiro atoms. The largest absolute Gasteiger partial charge is 0.492 e. The molecule has 0 atom stereocenters. The summed E-state index contributed by atoms with van der Waals surface area (Å²) < 4.78 is 5.81. The van der Waals surface area contributed by atoms with Crippen LogP contribution in [0.2, 0.25) is 0 Å². The van der Waals surface area contributed by atoms with E-state index in [9.17, 15) is 0 Å². The first-order chi connectivity index (χ1) is 10.0. The van der Waals surface area contributed by atoms with Gasteiger partial charge < -0.3 is 15.4 Å². The maximum absolute atomic E-state index is 5.81. The SMILES string of the molecule is CCCN(CCOc1cccc(C(N)=S)c1)CCN(C)C. The van der Waals surface area contributed by atoms with Gasteiger partial charge in [-0.15, -0.1) is 0 Å². The van der Waals surface area contributed by atoms with E-state index >= 15 is 0 Å².